The van der Waals surface area contributed by atoms with Gasteiger partial charge in [0.15, 0.2) is 9.84 Å². The molecule has 1 heterocycles. The Kier molecular flexibility index (Phi) is 3.72. The summed E-state index contributed by atoms with van der Waals surface area (Å²) in [5, 5.41) is 12.5. The number of benzene rings is 1. The molecule has 0 fully saturated rings. The van der Waals surface area contributed by atoms with Gasteiger partial charge in [0.1, 0.15) is 6.33 Å². The first-order chi connectivity index (χ1) is 9.44. The third kappa shape index (κ3) is 2.78. The molecule has 0 spiro atoms. The number of rotatable bonds is 4. The highest BCUT2D eigenvalue weighted by molar-refractivity contribution is 7.91. The second kappa shape index (κ2) is 5.30. The highest BCUT2D eigenvalue weighted by Gasteiger charge is 2.15. The molecular weight excluding hydrogens is 280 g/mol. The van der Waals surface area contributed by atoms with Crippen LogP contribution in [0.4, 0.5) is 0 Å². The van der Waals surface area contributed by atoms with Crippen molar-refractivity contribution >= 4 is 9.84 Å². The number of aryl methyl sites for hydroxylation is 2. The van der Waals surface area contributed by atoms with Crippen molar-refractivity contribution in [2.75, 3.05) is 5.75 Å². The summed E-state index contributed by atoms with van der Waals surface area (Å²) in [6, 6.07) is 7.58. The smallest absolute Gasteiger partial charge is 0.285 e. The molecule has 0 aliphatic rings. The van der Waals surface area contributed by atoms with Crippen LogP contribution in [-0.2, 0) is 23.4 Å². The van der Waals surface area contributed by atoms with Gasteiger partial charge in [0, 0.05) is 7.05 Å². The minimum Gasteiger partial charge on any atom is -0.285 e. The second-order valence-electron chi connectivity index (χ2n) is 4.20. The summed E-state index contributed by atoms with van der Waals surface area (Å²) >= 11 is 0. The van der Waals surface area contributed by atoms with Crippen LogP contribution in [0.3, 0.4) is 0 Å². The van der Waals surface area contributed by atoms with E-state index in [9.17, 15) is 13.2 Å². The van der Waals surface area contributed by atoms with Crippen LogP contribution in [0, 0.1) is 11.3 Å². The summed E-state index contributed by atoms with van der Waals surface area (Å²) < 4.78 is 26.6. The highest BCUT2D eigenvalue weighted by atomic mass is 32.2. The molecule has 20 heavy (non-hydrogen) atoms. The van der Waals surface area contributed by atoms with Gasteiger partial charge in [0.2, 0.25) is 0 Å². The maximum absolute atomic E-state index is 12.1. The molecule has 0 aliphatic heterocycles. The average Bonchev–Trinajstić information content (AvgIpc) is 2.77. The van der Waals surface area contributed by atoms with E-state index in [1.807, 2.05) is 6.07 Å². The molecule has 0 bridgehead atoms. The van der Waals surface area contributed by atoms with E-state index in [0.29, 0.717) is 5.56 Å². The molecule has 2 rings (SSSR count). The molecule has 1 aromatic carbocycles. The Morgan fingerprint density at radius 2 is 1.95 bits per heavy atom. The molecule has 0 saturated heterocycles. The summed E-state index contributed by atoms with van der Waals surface area (Å²) in [6.45, 7) is -0.0119. The van der Waals surface area contributed by atoms with Crippen LogP contribution in [0.2, 0.25) is 0 Å². The molecule has 0 unspecified atom stereocenters. The predicted molar refractivity (Wildman–Crippen MR) is 70.7 cm³/mol. The maximum Gasteiger partial charge on any atom is 0.345 e. The van der Waals surface area contributed by atoms with Crippen molar-refractivity contribution in [3.63, 3.8) is 0 Å². The lowest BCUT2D eigenvalue weighted by Crippen LogP contribution is -2.26. The van der Waals surface area contributed by atoms with Gasteiger partial charge in [0.25, 0.3) is 0 Å². The molecule has 0 saturated carbocycles. The molecule has 2 aromatic rings. The molecule has 0 aliphatic carbocycles. The molecule has 7 nitrogen and oxygen atoms in total. The Bertz CT molecular complexity index is 810. The first kappa shape index (κ1) is 14.0. The quantitative estimate of drug-likeness (QED) is 0.785. The van der Waals surface area contributed by atoms with Crippen LogP contribution in [0.15, 0.2) is 40.3 Å². The van der Waals surface area contributed by atoms with Gasteiger partial charge in [-0.15, -0.1) is 0 Å². The van der Waals surface area contributed by atoms with Crippen LogP contribution in [-0.4, -0.2) is 28.5 Å². The first-order valence-corrected chi connectivity index (χ1v) is 7.40. The van der Waals surface area contributed by atoms with Gasteiger partial charge in [-0.05, 0) is 24.3 Å². The largest absolute Gasteiger partial charge is 0.345 e. The van der Waals surface area contributed by atoms with Gasteiger partial charge in [-0.25, -0.2) is 17.9 Å². The Labute approximate surface area is 115 Å². The van der Waals surface area contributed by atoms with Gasteiger partial charge in [0.05, 0.1) is 28.8 Å². The lowest BCUT2D eigenvalue weighted by atomic mass is 10.2. The molecule has 0 N–H and O–H groups in total. The monoisotopic (exact) mass is 292 g/mol. The van der Waals surface area contributed by atoms with Crippen molar-refractivity contribution in [1.29, 1.82) is 5.26 Å². The Hall–Kier alpha value is -2.40. The first-order valence-electron chi connectivity index (χ1n) is 5.75. The number of hydrogen-bond donors (Lipinski definition) is 0. The zero-order valence-corrected chi connectivity index (χ0v) is 11.5. The van der Waals surface area contributed by atoms with Gasteiger partial charge in [-0.3, -0.25) is 4.57 Å². The van der Waals surface area contributed by atoms with Crippen molar-refractivity contribution < 1.29 is 8.42 Å². The second-order valence-corrected chi connectivity index (χ2v) is 6.31. The minimum atomic E-state index is -3.51. The summed E-state index contributed by atoms with van der Waals surface area (Å²) in [5.41, 5.74) is 0.0323. The summed E-state index contributed by atoms with van der Waals surface area (Å²) in [6.07, 6.45) is 1.33. The van der Waals surface area contributed by atoms with Crippen molar-refractivity contribution in [3.05, 3.63) is 46.6 Å². The fourth-order valence-electron chi connectivity index (χ4n) is 1.64. The molecular formula is C12H12N4O3S. The van der Waals surface area contributed by atoms with Crippen molar-refractivity contribution in [1.82, 2.24) is 14.3 Å². The Morgan fingerprint density at radius 1 is 1.30 bits per heavy atom. The zero-order chi connectivity index (χ0) is 14.8. The van der Waals surface area contributed by atoms with E-state index in [1.165, 1.54) is 35.2 Å². The number of sulfone groups is 1. The van der Waals surface area contributed by atoms with E-state index in [1.54, 1.807) is 7.05 Å². The number of nitrogens with zero attached hydrogens (tertiary/aromatic N) is 4. The van der Waals surface area contributed by atoms with Crippen molar-refractivity contribution in [3.8, 4) is 6.07 Å². The molecule has 0 atom stereocenters. The van der Waals surface area contributed by atoms with E-state index >= 15 is 0 Å². The fraction of sp³-hybridized carbons (Fsp3) is 0.250. The molecule has 104 valence electrons. The fourth-order valence-corrected chi connectivity index (χ4v) is 2.84. The summed E-state index contributed by atoms with van der Waals surface area (Å²) in [4.78, 5) is 11.7. The van der Waals surface area contributed by atoms with E-state index in [0.717, 1.165) is 4.68 Å². The van der Waals surface area contributed by atoms with Crippen LogP contribution >= 0.6 is 0 Å². The van der Waals surface area contributed by atoms with E-state index in [-0.39, 0.29) is 22.9 Å². The lowest BCUT2D eigenvalue weighted by molar-refractivity contribution is 0.573. The van der Waals surface area contributed by atoms with Crippen molar-refractivity contribution in [2.45, 2.75) is 11.4 Å². The molecule has 8 heteroatoms. The standard InChI is InChI=1S/C12H12N4O3S/c1-15-9-14-16(12(15)17)6-7-20(18,19)11-4-2-10(8-13)3-5-11/h2-5,9H,6-7H2,1H3. The van der Waals surface area contributed by atoms with Gasteiger partial charge in [-0.2, -0.15) is 10.4 Å². The van der Waals surface area contributed by atoms with E-state index in [4.69, 9.17) is 5.26 Å². The topological polar surface area (TPSA) is 97.8 Å². The predicted octanol–water partition coefficient (Wildman–Crippen LogP) is -0.0726. The van der Waals surface area contributed by atoms with E-state index in [2.05, 4.69) is 5.10 Å². The third-order valence-corrected chi connectivity index (χ3v) is 4.51. The average molecular weight is 292 g/mol. The molecule has 1 aromatic heterocycles. The minimum absolute atomic E-state index is 0.0119. The lowest BCUT2D eigenvalue weighted by Gasteiger charge is -2.04. The normalized spacial score (nSPS) is 11.2. The van der Waals surface area contributed by atoms with Crippen LogP contribution in [0.5, 0.6) is 0 Å². The SMILES string of the molecule is Cn1cnn(CCS(=O)(=O)c2ccc(C#N)cc2)c1=O. The van der Waals surface area contributed by atoms with Crippen LogP contribution in [0.25, 0.3) is 0 Å². The van der Waals surface area contributed by atoms with Crippen molar-refractivity contribution in [2.24, 2.45) is 7.05 Å². The van der Waals surface area contributed by atoms with Crippen LogP contribution < -0.4 is 5.69 Å². The number of hydrogen-bond acceptors (Lipinski definition) is 5. The summed E-state index contributed by atoms with van der Waals surface area (Å²) in [5.74, 6) is -0.226. The van der Waals surface area contributed by atoms with Gasteiger partial charge < -0.3 is 0 Å². The zero-order valence-electron chi connectivity index (χ0n) is 10.7. The van der Waals surface area contributed by atoms with Gasteiger partial charge >= 0.3 is 5.69 Å². The molecule has 0 amide bonds. The van der Waals surface area contributed by atoms with Gasteiger partial charge in [-0.1, -0.05) is 0 Å². The van der Waals surface area contributed by atoms with Crippen LogP contribution in [0.1, 0.15) is 5.56 Å². The molecule has 0 radical (unpaired) electrons. The maximum atomic E-state index is 12.1. The van der Waals surface area contributed by atoms with E-state index < -0.39 is 9.84 Å². The highest BCUT2D eigenvalue weighted by Crippen LogP contribution is 2.12. The Morgan fingerprint density at radius 3 is 2.45 bits per heavy atom. The third-order valence-electron chi connectivity index (χ3n) is 2.80. The number of aromatic nitrogens is 3. The number of nitriles is 1. The summed E-state index contributed by atoms with van der Waals surface area (Å²) in [7, 11) is -1.97. The Balaban J connectivity index is 2.17.